The Labute approximate surface area is 238 Å². The van der Waals surface area contributed by atoms with E-state index in [0.717, 1.165) is 75.7 Å². The van der Waals surface area contributed by atoms with Gasteiger partial charge in [0.1, 0.15) is 11.6 Å². The number of ether oxygens (including phenoxy) is 1. The molecule has 5 rings (SSSR count). The van der Waals surface area contributed by atoms with Gasteiger partial charge < -0.3 is 20.3 Å². The molecule has 0 bridgehead atoms. The smallest absolute Gasteiger partial charge is 0.223 e. The van der Waals surface area contributed by atoms with Crippen LogP contribution in [0, 0.1) is 5.92 Å². The first-order valence-corrected chi connectivity index (χ1v) is 14.1. The van der Waals surface area contributed by atoms with Crippen LogP contribution in [0.5, 0.6) is 11.6 Å². The molecule has 9 nitrogen and oxygen atoms in total. The lowest BCUT2D eigenvalue weighted by molar-refractivity contribution is -0.119. The molecule has 2 aliphatic heterocycles. The number of aromatic nitrogens is 3. The molecular weight excluding hydrogens is 537 g/mol. The van der Waals surface area contributed by atoms with Gasteiger partial charge in [0.15, 0.2) is 5.82 Å². The molecule has 0 radical (unpaired) electrons. The highest BCUT2D eigenvalue weighted by atomic mass is 35.5. The van der Waals surface area contributed by atoms with Crippen molar-refractivity contribution >= 4 is 34.9 Å². The number of carbonyl (C=O) groups excluding carboxylic acids is 1. The molecule has 2 aromatic heterocycles. The van der Waals surface area contributed by atoms with Crippen molar-refractivity contribution in [3.05, 3.63) is 58.3 Å². The summed E-state index contributed by atoms with van der Waals surface area (Å²) >= 11 is 12.6. The molecular formula is C28H33Cl2N7O2. The SMILES string of the molecule is CC(=O)NCC1CCN(Cc2cc(Oc3ccc(N4CCNCC4)nc3)nc(-c3cc(Cl)cc(Cl)c3)n2)CC1. The molecule has 2 saturated heterocycles. The van der Waals surface area contributed by atoms with E-state index < -0.39 is 0 Å². The number of nitrogens with zero attached hydrogens (tertiary/aromatic N) is 5. The van der Waals surface area contributed by atoms with Gasteiger partial charge in [-0.15, -0.1) is 0 Å². The summed E-state index contributed by atoms with van der Waals surface area (Å²) in [4.78, 5) is 30.0. The summed E-state index contributed by atoms with van der Waals surface area (Å²) in [5.74, 6) is 2.99. The van der Waals surface area contributed by atoms with Crippen molar-refractivity contribution in [1.82, 2.24) is 30.5 Å². The molecule has 2 fully saturated rings. The number of hydrogen-bond donors (Lipinski definition) is 2. The zero-order valence-electron chi connectivity index (χ0n) is 22.0. The first kappa shape index (κ1) is 27.6. The van der Waals surface area contributed by atoms with Crippen molar-refractivity contribution in [2.45, 2.75) is 26.3 Å². The lowest BCUT2D eigenvalue weighted by atomic mass is 9.96. The normalized spacial score (nSPS) is 16.7. The fourth-order valence-electron chi connectivity index (χ4n) is 4.92. The molecule has 2 aliphatic rings. The molecule has 0 atom stereocenters. The monoisotopic (exact) mass is 569 g/mol. The number of halogens is 2. The third-order valence-electron chi connectivity index (χ3n) is 6.99. The predicted molar refractivity (Wildman–Crippen MR) is 154 cm³/mol. The van der Waals surface area contributed by atoms with Crippen LogP contribution >= 0.6 is 23.2 Å². The van der Waals surface area contributed by atoms with E-state index in [1.807, 2.05) is 18.2 Å². The molecule has 0 unspecified atom stereocenters. The number of amides is 1. The van der Waals surface area contributed by atoms with Gasteiger partial charge in [0.05, 0.1) is 11.9 Å². The summed E-state index contributed by atoms with van der Waals surface area (Å²) in [7, 11) is 0. The minimum atomic E-state index is 0.0215. The Hall–Kier alpha value is -2.98. The van der Waals surface area contributed by atoms with Gasteiger partial charge in [-0.2, -0.15) is 4.98 Å². The van der Waals surface area contributed by atoms with E-state index >= 15 is 0 Å². The Morgan fingerprint density at radius 2 is 1.79 bits per heavy atom. The maximum atomic E-state index is 11.3. The second-order valence-electron chi connectivity index (χ2n) is 10.0. The Morgan fingerprint density at radius 3 is 2.46 bits per heavy atom. The number of anilines is 1. The average molecular weight is 571 g/mol. The third-order valence-corrected chi connectivity index (χ3v) is 7.43. The maximum Gasteiger partial charge on any atom is 0.223 e. The Kier molecular flexibility index (Phi) is 9.13. The number of pyridine rings is 1. The molecule has 4 heterocycles. The summed E-state index contributed by atoms with van der Waals surface area (Å²) in [6.07, 6.45) is 3.78. The molecule has 1 aromatic carbocycles. The lowest BCUT2D eigenvalue weighted by Gasteiger charge is -2.31. The van der Waals surface area contributed by atoms with E-state index in [0.29, 0.717) is 40.0 Å². The van der Waals surface area contributed by atoms with Gasteiger partial charge in [0, 0.05) is 67.9 Å². The zero-order chi connectivity index (χ0) is 27.2. The molecule has 11 heteroatoms. The van der Waals surface area contributed by atoms with Crippen molar-refractivity contribution < 1.29 is 9.53 Å². The van der Waals surface area contributed by atoms with Crippen molar-refractivity contribution in [1.29, 1.82) is 0 Å². The van der Waals surface area contributed by atoms with E-state index in [4.69, 9.17) is 32.9 Å². The standard InChI is InChI=1S/C28H33Cl2N7O2/c1-19(38)32-16-20-4-8-36(9-5-20)18-24-15-27(35-28(34-24)21-12-22(29)14-23(30)13-21)39-25-2-3-26(33-17-25)37-10-6-31-7-11-37/h2-3,12-15,17,20,31H,4-11,16,18H2,1H3,(H,32,38). The first-order valence-electron chi connectivity index (χ1n) is 13.3. The van der Waals surface area contributed by atoms with Crippen LogP contribution in [0.25, 0.3) is 11.4 Å². The van der Waals surface area contributed by atoms with Crippen LogP contribution in [0.3, 0.4) is 0 Å². The second kappa shape index (κ2) is 12.9. The summed E-state index contributed by atoms with van der Waals surface area (Å²) in [6.45, 7) is 8.58. The van der Waals surface area contributed by atoms with Crippen LogP contribution < -0.4 is 20.3 Å². The number of nitrogens with one attached hydrogen (secondary N) is 2. The van der Waals surface area contributed by atoms with E-state index in [9.17, 15) is 4.79 Å². The maximum absolute atomic E-state index is 11.3. The van der Waals surface area contributed by atoms with Gasteiger partial charge in [-0.25, -0.2) is 9.97 Å². The number of rotatable bonds is 8. The van der Waals surface area contributed by atoms with Gasteiger partial charge >= 0.3 is 0 Å². The summed E-state index contributed by atoms with van der Waals surface area (Å²) in [5, 5.41) is 7.33. The first-order chi connectivity index (χ1) is 18.9. The zero-order valence-corrected chi connectivity index (χ0v) is 23.5. The van der Waals surface area contributed by atoms with E-state index in [2.05, 4.69) is 30.4 Å². The number of hydrogen-bond acceptors (Lipinski definition) is 8. The summed E-state index contributed by atoms with van der Waals surface area (Å²) in [6, 6.07) is 11.1. The van der Waals surface area contributed by atoms with Crippen LogP contribution in [-0.2, 0) is 11.3 Å². The Balaban J connectivity index is 1.33. The van der Waals surface area contributed by atoms with Crippen LogP contribution in [0.15, 0.2) is 42.6 Å². The molecule has 206 valence electrons. The van der Waals surface area contributed by atoms with Crippen molar-refractivity contribution in [3.63, 3.8) is 0 Å². The van der Waals surface area contributed by atoms with Crippen LogP contribution in [0.2, 0.25) is 10.0 Å². The van der Waals surface area contributed by atoms with Crippen LogP contribution in [0.1, 0.15) is 25.5 Å². The molecule has 0 spiro atoms. The highest BCUT2D eigenvalue weighted by Gasteiger charge is 2.21. The highest BCUT2D eigenvalue weighted by molar-refractivity contribution is 6.35. The predicted octanol–water partition coefficient (Wildman–Crippen LogP) is 4.40. The molecule has 3 aromatic rings. The number of likely N-dealkylation sites (tertiary alicyclic amines) is 1. The summed E-state index contributed by atoms with van der Waals surface area (Å²) in [5.41, 5.74) is 1.57. The molecule has 0 saturated carbocycles. The van der Waals surface area contributed by atoms with Gasteiger partial charge in [-0.1, -0.05) is 23.2 Å². The number of carbonyl (C=O) groups is 1. The second-order valence-corrected chi connectivity index (χ2v) is 10.9. The fourth-order valence-corrected chi connectivity index (χ4v) is 5.44. The van der Waals surface area contributed by atoms with E-state index in [1.54, 1.807) is 31.3 Å². The third kappa shape index (κ3) is 7.79. The lowest BCUT2D eigenvalue weighted by Crippen LogP contribution is -2.43. The number of piperazine rings is 1. The van der Waals surface area contributed by atoms with E-state index in [-0.39, 0.29) is 5.91 Å². The fraction of sp³-hybridized carbons (Fsp3) is 0.429. The minimum absolute atomic E-state index is 0.0215. The highest BCUT2D eigenvalue weighted by Crippen LogP contribution is 2.29. The van der Waals surface area contributed by atoms with Crippen molar-refractivity contribution in [3.8, 4) is 23.0 Å². The van der Waals surface area contributed by atoms with E-state index in [1.165, 1.54) is 0 Å². The van der Waals surface area contributed by atoms with Gasteiger partial charge in [-0.3, -0.25) is 9.69 Å². The minimum Gasteiger partial charge on any atom is -0.437 e. The number of benzene rings is 1. The van der Waals surface area contributed by atoms with Gasteiger partial charge in [-0.05, 0) is 62.2 Å². The summed E-state index contributed by atoms with van der Waals surface area (Å²) < 4.78 is 6.18. The van der Waals surface area contributed by atoms with Crippen molar-refractivity contribution in [2.24, 2.45) is 5.92 Å². The van der Waals surface area contributed by atoms with Crippen LogP contribution in [0.4, 0.5) is 5.82 Å². The number of piperidine rings is 1. The van der Waals surface area contributed by atoms with Crippen LogP contribution in [-0.4, -0.2) is 71.6 Å². The van der Waals surface area contributed by atoms with Crippen molar-refractivity contribution in [2.75, 3.05) is 50.7 Å². The molecule has 0 aliphatic carbocycles. The van der Waals surface area contributed by atoms with Gasteiger partial charge in [0.25, 0.3) is 0 Å². The quantitative estimate of drug-likeness (QED) is 0.412. The molecule has 39 heavy (non-hydrogen) atoms. The largest absolute Gasteiger partial charge is 0.437 e. The average Bonchev–Trinajstić information content (AvgIpc) is 2.93. The van der Waals surface area contributed by atoms with Gasteiger partial charge in [0.2, 0.25) is 11.8 Å². The Bertz CT molecular complexity index is 1260. The molecule has 2 N–H and O–H groups in total. The Morgan fingerprint density at radius 1 is 1.05 bits per heavy atom. The molecule has 1 amide bonds. The topological polar surface area (TPSA) is 95.5 Å².